The number of carbonyl (C=O) groups excluding carboxylic acids is 1. The summed E-state index contributed by atoms with van der Waals surface area (Å²) >= 11 is 0. The highest BCUT2D eigenvalue weighted by Crippen LogP contribution is 2.29. The molecule has 3 nitrogen and oxygen atoms in total. The molecular weight excluding hydrogens is 269 g/mol. The summed E-state index contributed by atoms with van der Waals surface area (Å²) < 4.78 is 37.3. The molecule has 0 bridgehead atoms. The topological polar surface area (TPSA) is 42.0 Å². The number of pyridine rings is 1. The number of amides is 1. The normalized spacial score (nSPS) is 11.2. The van der Waals surface area contributed by atoms with E-state index in [9.17, 15) is 18.0 Å². The number of anilines is 1. The molecular formula is C14H11F3N2O. The predicted octanol–water partition coefficient (Wildman–Crippen LogP) is 3.73. The first-order valence-electron chi connectivity index (χ1n) is 5.77. The van der Waals surface area contributed by atoms with Crippen LogP contribution in [0.5, 0.6) is 0 Å². The van der Waals surface area contributed by atoms with Gasteiger partial charge in [0.05, 0.1) is 0 Å². The van der Waals surface area contributed by atoms with Crippen molar-refractivity contribution in [2.24, 2.45) is 0 Å². The van der Waals surface area contributed by atoms with Crippen molar-refractivity contribution in [2.45, 2.75) is 13.1 Å². The summed E-state index contributed by atoms with van der Waals surface area (Å²) in [4.78, 5) is 14.4. The second-order valence-electron chi connectivity index (χ2n) is 4.19. The van der Waals surface area contributed by atoms with Crippen molar-refractivity contribution in [3.8, 4) is 11.1 Å². The van der Waals surface area contributed by atoms with E-state index in [0.29, 0.717) is 16.8 Å². The summed E-state index contributed by atoms with van der Waals surface area (Å²) in [5.74, 6) is -0.215. The lowest BCUT2D eigenvalue weighted by molar-refractivity contribution is -0.141. The van der Waals surface area contributed by atoms with E-state index in [1.165, 1.54) is 13.0 Å². The first-order valence-corrected chi connectivity index (χ1v) is 5.77. The van der Waals surface area contributed by atoms with Crippen LogP contribution in [0.2, 0.25) is 0 Å². The molecule has 1 N–H and O–H groups in total. The van der Waals surface area contributed by atoms with Gasteiger partial charge < -0.3 is 5.32 Å². The zero-order valence-electron chi connectivity index (χ0n) is 10.5. The van der Waals surface area contributed by atoms with Crippen LogP contribution in [0, 0.1) is 0 Å². The Morgan fingerprint density at radius 2 is 1.90 bits per heavy atom. The van der Waals surface area contributed by atoms with Gasteiger partial charge in [-0.2, -0.15) is 13.2 Å². The van der Waals surface area contributed by atoms with Crippen molar-refractivity contribution >= 4 is 11.6 Å². The van der Waals surface area contributed by atoms with Crippen LogP contribution in [0.4, 0.5) is 18.9 Å². The number of rotatable bonds is 2. The minimum atomic E-state index is -4.45. The smallest absolute Gasteiger partial charge is 0.326 e. The molecule has 2 aromatic rings. The number of nitrogens with zero attached hydrogens (tertiary/aromatic N) is 1. The minimum absolute atomic E-state index is 0.215. The van der Waals surface area contributed by atoms with E-state index in [4.69, 9.17) is 0 Å². The van der Waals surface area contributed by atoms with Crippen LogP contribution >= 0.6 is 0 Å². The monoisotopic (exact) mass is 280 g/mol. The van der Waals surface area contributed by atoms with Gasteiger partial charge in [0, 0.05) is 24.4 Å². The molecule has 1 amide bonds. The van der Waals surface area contributed by atoms with Gasteiger partial charge in [-0.3, -0.25) is 9.78 Å². The maximum Gasteiger partial charge on any atom is 0.433 e. The Hall–Kier alpha value is -2.37. The number of alkyl halides is 3. The molecule has 0 aliphatic heterocycles. The van der Waals surface area contributed by atoms with Crippen LogP contribution < -0.4 is 5.32 Å². The van der Waals surface area contributed by atoms with Gasteiger partial charge in [-0.1, -0.05) is 18.2 Å². The molecule has 0 aliphatic rings. The van der Waals surface area contributed by atoms with Crippen molar-refractivity contribution < 1.29 is 18.0 Å². The van der Waals surface area contributed by atoms with Crippen molar-refractivity contribution in [3.63, 3.8) is 0 Å². The highest BCUT2D eigenvalue weighted by atomic mass is 19.4. The van der Waals surface area contributed by atoms with Gasteiger partial charge in [-0.15, -0.1) is 0 Å². The molecule has 0 atom stereocenters. The Labute approximate surface area is 113 Å². The maximum absolute atomic E-state index is 12.4. The summed E-state index contributed by atoms with van der Waals surface area (Å²) in [6.07, 6.45) is -3.29. The first-order chi connectivity index (χ1) is 9.36. The van der Waals surface area contributed by atoms with E-state index in [1.807, 2.05) is 0 Å². The third kappa shape index (κ3) is 3.34. The summed E-state index contributed by atoms with van der Waals surface area (Å²) in [6.45, 7) is 1.38. The molecule has 0 radical (unpaired) electrons. The Bertz CT molecular complexity index is 621. The SMILES string of the molecule is CC(=O)Nc1cccc(-c2ccc(C(F)(F)F)nc2)c1. The van der Waals surface area contributed by atoms with Crippen LogP contribution in [0.15, 0.2) is 42.6 Å². The number of nitrogens with one attached hydrogen (secondary N) is 1. The van der Waals surface area contributed by atoms with E-state index >= 15 is 0 Å². The number of hydrogen-bond donors (Lipinski definition) is 1. The maximum atomic E-state index is 12.4. The zero-order valence-corrected chi connectivity index (χ0v) is 10.5. The van der Waals surface area contributed by atoms with Gasteiger partial charge in [0.2, 0.25) is 5.91 Å². The third-order valence-corrected chi connectivity index (χ3v) is 2.57. The Balaban J connectivity index is 2.30. The lowest BCUT2D eigenvalue weighted by Gasteiger charge is -2.08. The van der Waals surface area contributed by atoms with Crippen molar-refractivity contribution in [2.75, 3.05) is 5.32 Å². The Morgan fingerprint density at radius 3 is 2.45 bits per heavy atom. The van der Waals surface area contributed by atoms with Crippen molar-refractivity contribution in [3.05, 3.63) is 48.3 Å². The molecule has 0 spiro atoms. The quantitative estimate of drug-likeness (QED) is 0.910. The Kier molecular flexibility index (Phi) is 3.74. The Morgan fingerprint density at radius 1 is 1.15 bits per heavy atom. The lowest BCUT2D eigenvalue weighted by atomic mass is 10.1. The van der Waals surface area contributed by atoms with Gasteiger partial charge >= 0.3 is 6.18 Å². The van der Waals surface area contributed by atoms with Crippen LogP contribution in [0.25, 0.3) is 11.1 Å². The molecule has 2 rings (SSSR count). The van der Waals surface area contributed by atoms with E-state index in [1.54, 1.807) is 24.3 Å². The summed E-state index contributed by atoms with van der Waals surface area (Å²) in [5, 5.41) is 2.61. The summed E-state index contributed by atoms with van der Waals surface area (Å²) in [7, 11) is 0. The molecule has 6 heteroatoms. The molecule has 1 heterocycles. The molecule has 0 fully saturated rings. The highest BCUT2D eigenvalue weighted by Gasteiger charge is 2.32. The molecule has 20 heavy (non-hydrogen) atoms. The number of hydrogen-bond acceptors (Lipinski definition) is 2. The average molecular weight is 280 g/mol. The lowest BCUT2D eigenvalue weighted by Crippen LogP contribution is -2.07. The number of carbonyl (C=O) groups is 1. The molecule has 104 valence electrons. The third-order valence-electron chi connectivity index (χ3n) is 2.57. The fourth-order valence-electron chi connectivity index (χ4n) is 1.71. The molecule has 0 aliphatic carbocycles. The highest BCUT2D eigenvalue weighted by molar-refractivity contribution is 5.89. The van der Waals surface area contributed by atoms with Gasteiger partial charge in [0.15, 0.2) is 0 Å². The standard InChI is InChI=1S/C14H11F3N2O/c1-9(20)19-12-4-2-3-10(7-12)11-5-6-13(18-8-11)14(15,16)17/h2-8H,1H3,(H,19,20). The van der Waals surface area contributed by atoms with E-state index in [0.717, 1.165) is 12.3 Å². The second kappa shape index (κ2) is 5.32. The summed E-state index contributed by atoms with van der Waals surface area (Å²) in [6, 6.07) is 9.09. The van der Waals surface area contributed by atoms with Crippen LogP contribution in [-0.2, 0) is 11.0 Å². The second-order valence-corrected chi connectivity index (χ2v) is 4.19. The molecule has 0 saturated carbocycles. The fraction of sp³-hybridized carbons (Fsp3) is 0.143. The van der Waals surface area contributed by atoms with Gasteiger partial charge in [-0.05, 0) is 23.8 Å². The van der Waals surface area contributed by atoms with E-state index in [2.05, 4.69) is 10.3 Å². The van der Waals surface area contributed by atoms with Gasteiger partial charge in [0.25, 0.3) is 0 Å². The predicted molar refractivity (Wildman–Crippen MR) is 69.0 cm³/mol. The van der Waals surface area contributed by atoms with Crippen LogP contribution in [0.1, 0.15) is 12.6 Å². The van der Waals surface area contributed by atoms with Crippen LogP contribution in [-0.4, -0.2) is 10.9 Å². The minimum Gasteiger partial charge on any atom is -0.326 e. The molecule has 1 aromatic carbocycles. The zero-order chi connectivity index (χ0) is 14.8. The van der Waals surface area contributed by atoms with Crippen LogP contribution in [0.3, 0.4) is 0 Å². The van der Waals surface area contributed by atoms with Gasteiger partial charge in [0.1, 0.15) is 5.69 Å². The van der Waals surface area contributed by atoms with E-state index < -0.39 is 11.9 Å². The first kappa shape index (κ1) is 14.0. The number of benzene rings is 1. The van der Waals surface area contributed by atoms with Gasteiger partial charge in [-0.25, -0.2) is 0 Å². The molecule has 0 unspecified atom stereocenters. The summed E-state index contributed by atoms with van der Waals surface area (Å²) in [5.41, 5.74) is 0.872. The van der Waals surface area contributed by atoms with Crippen molar-refractivity contribution in [1.29, 1.82) is 0 Å². The molecule has 1 aromatic heterocycles. The van der Waals surface area contributed by atoms with E-state index in [-0.39, 0.29) is 5.91 Å². The number of halogens is 3. The fourth-order valence-corrected chi connectivity index (χ4v) is 1.71. The average Bonchev–Trinajstić information content (AvgIpc) is 2.37. The molecule has 0 saturated heterocycles. The largest absolute Gasteiger partial charge is 0.433 e. The van der Waals surface area contributed by atoms with Crippen molar-refractivity contribution in [1.82, 2.24) is 4.98 Å². The number of aromatic nitrogens is 1.